The molecule has 1 saturated heterocycles. The highest BCUT2D eigenvalue weighted by atomic mass is 19.3. The molecule has 2 fully saturated rings. The summed E-state index contributed by atoms with van der Waals surface area (Å²) in [6, 6.07) is 0. The van der Waals surface area contributed by atoms with E-state index in [1.807, 2.05) is 0 Å². The van der Waals surface area contributed by atoms with Gasteiger partial charge in [0.25, 0.3) is 0 Å². The van der Waals surface area contributed by atoms with E-state index in [-0.39, 0.29) is 18.8 Å². The van der Waals surface area contributed by atoms with Crippen molar-refractivity contribution in [3.8, 4) is 0 Å². The molecule has 110 valence electrons. The highest BCUT2D eigenvalue weighted by Gasteiger charge is 2.65. The summed E-state index contributed by atoms with van der Waals surface area (Å²) < 4.78 is 32.1. The van der Waals surface area contributed by atoms with E-state index in [2.05, 4.69) is 5.32 Å². The van der Waals surface area contributed by atoms with Crippen LogP contribution >= 0.6 is 0 Å². The van der Waals surface area contributed by atoms with Crippen LogP contribution in [-0.2, 0) is 9.53 Å². The first-order valence-corrected chi connectivity index (χ1v) is 6.97. The maximum Gasteiger partial charge on any atom is 0.313 e. The molecular weight excluding hydrogens is 252 g/mol. The maximum absolute atomic E-state index is 13.4. The van der Waals surface area contributed by atoms with Crippen molar-refractivity contribution < 1.29 is 18.3 Å². The average Bonchev–Trinajstić information content (AvgIpc) is 2.24. The number of ether oxygens (including phenoxy) is 1. The molecule has 3 nitrogen and oxygen atoms in total. The lowest BCUT2D eigenvalue weighted by atomic mass is 9.57. The summed E-state index contributed by atoms with van der Waals surface area (Å²) in [7, 11) is 0. The normalized spacial score (nSPS) is 29.4. The molecule has 1 N–H and O–H groups in total. The second kappa shape index (κ2) is 4.69. The summed E-state index contributed by atoms with van der Waals surface area (Å²) >= 11 is 0. The summed E-state index contributed by atoms with van der Waals surface area (Å²) in [5.74, 6) is -3.19. The van der Waals surface area contributed by atoms with Crippen LogP contribution in [0.15, 0.2) is 0 Å². The molecule has 1 unspecified atom stereocenters. The Morgan fingerprint density at radius 1 is 1.32 bits per heavy atom. The number of rotatable bonds is 2. The number of hydrogen-bond donors (Lipinski definition) is 1. The predicted molar refractivity (Wildman–Crippen MR) is 68.1 cm³/mol. The van der Waals surface area contributed by atoms with Gasteiger partial charge >= 0.3 is 5.97 Å². The molecule has 0 amide bonds. The molecule has 0 aromatic carbocycles. The number of carbonyl (C=O) groups excluding carboxylic acids is 1. The second-order valence-corrected chi connectivity index (χ2v) is 6.91. The third-order valence-electron chi connectivity index (χ3n) is 4.03. The van der Waals surface area contributed by atoms with Gasteiger partial charge in [0.1, 0.15) is 5.60 Å². The Balaban J connectivity index is 2.14. The first-order valence-electron chi connectivity index (χ1n) is 6.97. The fourth-order valence-corrected chi connectivity index (χ4v) is 3.17. The van der Waals surface area contributed by atoms with Crippen LogP contribution in [0.3, 0.4) is 0 Å². The minimum absolute atomic E-state index is 0.0317. The Hall–Kier alpha value is -0.710. The van der Waals surface area contributed by atoms with Gasteiger partial charge in [-0.1, -0.05) is 0 Å². The monoisotopic (exact) mass is 275 g/mol. The molecule has 1 heterocycles. The van der Waals surface area contributed by atoms with Crippen LogP contribution in [0.1, 0.15) is 46.5 Å². The number of halogens is 2. The third-order valence-corrected chi connectivity index (χ3v) is 4.03. The van der Waals surface area contributed by atoms with Gasteiger partial charge in [-0.05, 0) is 52.6 Å². The van der Waals surface area contributed by atoms with Gasteiger partial charge < -0.3 is 10.1 Å². The zero-order valence-corrected chi connectivity index (χ0v) is 11.9. The molecule has 1 saturated carbocycles. The van der Waals surface area contributed by atoms with Gasteiger partial charge in [-0.15, -0.1) is 0 Å². The Bertz CT molecular complexity index is 349. The van der Waals surface area contributed by atoms with Crippen LogP contribution in [0.2, 0.25) is 0 Å². The van der Waals surface area contributed by atoms with Gasteiger partial charge in [0.2, 0.25) is 5.92 Å². The number of piperidine rings is 1. The molecule has 2 aliphatic rings. The lowest BCUT2D eigenvalue weighted by molar-refractivity contribution is -0.220. The molecule has 19 heavy (non-hydrogen) atoms. The zero-order chi connectivity index (χ0) is 14.3. The molecule has 5 heteroatoms. The first-order chi connectivity index (χ1) is 8.65. The topological polar surface area (TPSA) is 38.3 Å². The standard InChI is InChI=1S/C14H23F2NO2/c1-12(2,3)19-11(18)13(8-14(15,16)9-13)10-5-4-6-17-7-10/h10,17H,4-9H2,1-3H3. The van der Waals surface area contributed by atoms with E-state index in [0.717, 1.165) is 19.4 Å². The lowest BCUT2D eigenvalue weighted by Crippen LogP contribution is -2.59. The maximum atomic E-state index is 13.4. The fraction of sp³-hybridized carbons (Fsp3) is 0.929. The van der Waals surface area contributed by atoms with Crippen molar-refractivity contribution in [2.75, 3.05) is 13.1 Å². The van der Waals surface area contributed by atoms with E-state index < -0.39 is 22.9 Å². The van der Waals surface area contributed by atoms with E-state index >= 15 is 0 Å². The predicted octanol–water partition coefficient (Wildman–Crippen LogP) is 2.74. The molecule has 1 aliphatic carbocycles. The third kappa shape index (κ3) is 3.07. The van der Waals surface area contributed by atoms with Crippen LogP contribution in [0.5, 0.6) is 0 Å². The minimum atomic E-state index is -2.71. The highest BCUT2D eigenvalue weighted by molar-refractivity contribution is 5.79. The Morgan fingerprint density at radius 3 is 2.37 bits per heavy atom. The number of nitrogens with one attached hydrogen (secondary N) is 1. The summed E-state index contributed by atoms with van der Waals surface area (Å²) in [5, 5.41) is 3.20. The number of alkyl halides is 2. The molecule has 0 aromatic heterocycles. The van der Waals surface area contributed by atoms with Crippen molar-refractivity contribution in [3.63, 3.8) is 0 Å². The Morgan fingerprint density at radius 2 is 1.95 bits per heavy atom. The van der Waals surface area contributed by atoms with Gasteiger partial charge in [-0.25, -0.2) is 8.78 Å². The molecular formula is C14H23F2NO2. The molecule has 1 atom stereocenters. The number of esters is 1. The average molecular weight is 275 g/mol. The molecule has 2 rings (SSSR count). The van der Waals surface area contributed by atoms with Crippen molar-refractivity contribution in [1.82, 2.24) is 5.32 Å². The minimum Gasteiger partial charge on any atom is -0.460 e. The van der Waals surface area contributed by atoms with Gasteiger partial charge in [-0.2, -0.15) is 0 Å². The Labute approximate surface area is 113 Å². The Kier molecular flexibility index (Phi) is 3.62. The van der Waals surface area contributed by atoms with E-state index in [1.54, 1.807) is 20.8 Å². The van der Waals surface area contributed by atoms with Gasteiger partial charge in [0.05, 0.1) is 5.41 Å². The lowest BCUT2D eigenvalue weighted by Gasteiger charge is -2.51. The fourth-order valence-electron chi connectivity index (χ4n) is 3.17. The van der Waals surface area contributed by atoms with E-state index in [9.17, 15) is 13.6 Å². The smallest absolute Gasteiger partial charge is 0.313 e. The van der Waals surface area contributed by atoms with Crippen molar-refractivity contribution in [2.45, 2.75) is 58.0 Å². The quantitative estimate of drug-likeness (QED) is 0.788. The highest BCUT2D eigenvalue weighted by Crippen LogP contribution is 2.58. The van der Waals surface area contributed by atoms with Crippen molar-refractivity contribution >= 4 is 5.97 Å². The molecule has 0 spiro atoms. The SMILES string of the molecule is CC(C)(C)OC(=O)C1(C2CCCNC2)CC(F)(F)C1. The van der Waals surface area contributed by atoms with Gasteiger partial charge in [-0.3, -0.25) is 4.79 Å². The van der Waals surface area contributed by atoms with Crippen LogP contribution < -0.4 is 5.32 Å². The van der Waals surface area contributed by atoms with Gasteiger partial charge in [0, 0.05) is 12.8 Å². The summed E-state index contributed by atoms with van der Waals surface area (Å²) in [4.78, 5) is 12.4. The van der Waals surface area contributed by atoms with Crippen molar-refractivity contribution in [3.05, 3.63) is 0 Å². The van der Waals surface area contributed by atoms with E-state index in [1.165, 1.54) is 0 Å². The molecule has 0 aromatic rings. The largest absolute Gasteiger partial charge is 0.460 e. The van der Waals surface area contributed by atoms with E-state index in [4.69, 9.17) is 4.74 Å². The number of hydrogen-bond acceptors (Lipinski definition) is 3. The summed E-state index contributed by atoms with van der Waals surface area (Å²) in [6.45, 7) is 6.85. The van der Waals surface area contributed by atoms with E-state index in [0.29, 0.717) is 6.54 Å². The summed E-state index contributed by atoms with van der Waals surface area (Å²) in [5.41, 5.74) is -1.61. The van der Waals surface area contributed by atoms with Crippen molar-refractivity contribution in [1.29, 1.82) is 0 Å². The van der Waals surface area contributed by atoms with Crippen LogP contribution in [0.25, 0.3) is 0 Å². The van der Waals surface area contributed by atoms with Crippen LogP contribution in [-0.4, -0.2) is 30.6 Å². The number of carbonyl (C=O) groups is 1. The van der Waals surface area contributed by atoms with Crippen molar-refractivity contribution in [2.24, 2.45) is 11.3 Å². The molecule has 0 radical (unpaired) electrons. The summed E-state index contributed by atoms with van der Waals surface area (Å²) in [6.07, 6.45) is 1.03. The first kappa shape index (κ1) is 14.7. The zero-order valence-electron chi connectivity index (χ0n) is 11.9. The van der Waals surface area contributed by atoms with Crippen LogP contribution in [0.4, 0.5) is 8.78 Å². The molecule has 1 aliphatic heterocycles. The molecule has 0 bridgehead atoms. The van der Waals surface area contributed by atoms with Gasteiger partial charge in [0.15, 0.2) is 0 Å². The van der Waals surface area contributed by atoms with Crippen LogP contribution in [0, 0.1) is 11.3 Å². The second-order valence-electron chi connectivity index (χ2n) is 6.91.